The van der Waals surface area contributed by atoms with Crippen molar-refractivity contribution in [1.29, 1.82) is 0 Å². The Morgan fingerprint density at radius 2 is 1.81 bits per heavy atom. The highest BCUT2D eigenvalue weighted by Crippen LogP contribution is 2.59. The predicted octanol–water partition coefficient (Wildman–Crippen LogP) is 2.58. The van der Waals surface area contributed by atoms with Gasteiger partial charge in [-0.15, -0.1) is 0 Å². The zero-order chi connectivity index (χ0) is 12.0. The average Bonchev–Trinajstić information content (AvgIpc) is 2.15. The number of fused-ring (bicyclic) bond motifs is 1. The highest BCUT2D eigenvalue weighted by atomic mass is 16.3. The maximum Gasteiger partial charge on any atom is 0.0595 e. The summed E-state index contributed by atoms with van der Waals surface area (Å²) in [6.45, 7) is 7.16. The van der Waals surface area contributed by atoms with Gasteiger partial charge >= 0.3 is 0 Å². The Bertz CT molecular complexity index is 261. The zero-order valence-corrected chi connectivity index (χ0v) is 10.9. The van der Waals surface area contributed by atoms with E-state index in [1.54, 1.807) is 0 Å². The molecule has 0 aromatic rings. The lowest BCUT2D eigenvalue weighted by Gasteiger charge is -2.58. The summed E-state index contributed by atoms with van der Waals surface area (Å²) in [5.41, 5.74) is 0.523. The van der Waals surface area contributed by atoms with Crippen molar-refractivity contribution in [1.82, 2.24) is 0 Å². The van der Waals surface area contributed by atoms with E-state index in [1.807, 2.05) is 0 Å². The van der Waals surface area contributed by atoms with E-state index in [4.69, 9.17) is 0 Å². The number of rotatable bonds is 1. The molecule has 0 saturated heterocycles. The fraction of sp³-hybridized carbons (Fsp3) is 1.00. The third-order valence-corrected chi connectivity index (χ3v) is 5.54. The van der Waals surface area contributed by atoms with E-state index in [-0.39, 0.29) is 24.0 Å². The summed E-state index contributed by atoms with van der Waals surface area (Å²) in [5, 5.41) is 19.7. The summed E-state index contributed by atoms with van der Waals surface area (Å²) in [5.74, 6) is 0.750. The zero-order valence-electron chi connectivity index (χ0n) is 10.9. The van der Waals surface area contributed by atoms with Gasteiger partial charge in [-0.25, -0.2) is 0 Å². The second kappa shape index (κ2) is 3.99. The third kappa shape index (κ3) is 1.70. The van der Waals surface area contributed by atoms with Crippen LogP contribution in [0.15, 0.2) is 0 Å². The number of hydrogen-bond acceptors (Lipinski definition) is 2. The monoisotopic (exact) mass is 226 g/mol. The molecule has 2 fully saturated rings. The average molecular weight is 226 g/mol. The van der Waals surface area contributed by atoms with Gasteiger partial charge in [-0.3, -0.25) is 0 Å². The van der Waals surface area contributed by atoms with Gasteiger partial charge in [0.25, 0.3) is 0 Å². The molecule has 1 unspecified atom stereocenters. The molecule has 0 aliphatic heterocycles. The van der Waals surface area contributed by atoms with Crippen molar-refractivity contribution in [3.8, 4) is 0 Å². The van der Waals surface area contributed by atoms with E-state index >= 15 is 0 Å². The lowest BCUT2D eigenvalue weighted by molar-refractivity contribution is -0.136. The van der Waals surface area contributed by atoms with Crippen LogP contribution >= 0.6 is 0 Å². The standard InChI is InChI=1S/C14H26O2/c1-13(2)7-4-8-14(3)10(9-15)11(16)5-6-12(13)14/h10-12,15-16H,4-9H2,1-3H3/t10-,11-,12?,14-/m0/s1. The maximum absolute atomic E-state index is 10.1. The highest BCUT2D eigenvalue weighted by Gasteiger charge is 2.54. The van der Waals surface area contributed by atoms with Crippen molar-refractivity contribution < 1.29 is 10.2 Å². The van der Waals surface area contributed by atoms with Crippen LogP contribution in [0, 0.1) is 22.7 Å². The first-order valence-corrected chi connectivity index (χ1v) is 6.71. The maximum atomic E-state index is 10.1. The number of aliphatic hydroxyl groups is 2. The van der Waals surface area contributed by atoms with E-state index in [9.17, 15) is 10.2 Å². The van der Waals surface area contributed by atoms with Gasteiger partial charge in [-0.2, -0.15) is 0 Å². The normalized spacial score (nSPS) is 47.4. The quantitative estimate of drug-likeness (QED) is 0.721. The molecule has 2 aliphatic rings. The van der Waals surface area contributed by atoms with E-state index in [0.717, 1.165) is 12.8 Å². The summed E-state index contributed by atoms with van der Waals surface area (Å²) < 4.78 is 0. The molecule has 2 aliphatic carbocycles. The van der Waals surface area contributed by atoms with Gasteiger partial charge in [0.2, 0.25) is 0 Å². The van der Waals surface area contributed by atoms with Crippen LogP contribution in [0.5, 0.6) is 0 Å². The molecule has 0 aromatic carbocycles. The van der Waals surface area contributed by atoms with Crippen LogP contribution in [0.3, 0.4) is 0 Å². The Morgan fingerprint density at radius 1 is 1.12 bits per heavy atom. The molecule has 0 spiro atoms. The van der Waals surface area contributed by atoms with Crippen LogP contribution in [-0.4, -0.2) is 22.9 Å². The second-order valence-corrected chi connectivity index (χ2v) is 6.83. The van der Waals surface area contributed by atoms with Crippen LogP contribution in [0.2, 0.25) is 0 Å². The van der Waals surface area contributed by atoms with E-state index in [2.05, 4.69) is 20.8 Å². The molecule has 0 amide bonds. The van der Waals surface area contributed by atoms with Gasteiger partial charge in [0.1, 0.15) is 0 Å². The molecule has 0 radical (unpaired) electrons. The molecule has 16 heavy (non-hydrogen) atoms. The lowest BCUT2D eigenvalue weighted by Crippen LogP contribution is -2.54. The first-order chi connectivity index (χ1) is 7.42. The van der Waals surface area contributed by atoms with E-state index in [0.29, 0.717) is 11.3 Å². The molecule has 2 saturated carbocycles. The molecule has 0 bridgehead atoms. The molecule has 94 valence electrons. The lowest BCUT2D eigenvalue weighted by atomic mass is 9.48. The minimum absolute atomic E-state index is 0.0887. The van der Waals surface area contributed by atoms with Gasteiger partial charge in [0, 0.05) is 12.5 Å². The molecule has 0 aromatic heterocycles. The summed E-state index contributed by atoms with van der Waals surface area (Å²) in [4.78, 5) is 0. The Hall–Kier alpha value is -0.0800. The molecule has 4 atom stereocenters. The Kier molecular flexibility index (Phi) is 3.09. The van der Waals surface area contributed by atoms with Crippen LogP contribution in [0.25, 0.3) is 0 Å². The van der Waals surface area contributed by atoms with E-state index in [1.165, 1.54) is 19.3 Å². The topological polar surface area (TPSA) is 40.5 Å². The third-order valence-electron chi connectivity index (χ3n) is 5.54. The molecule has 0 heterocycles. The van der Waals surface area contributed by atoms with Crippen LogP contribution in [0.4, 0.5) is 0 Å². The van der Waals surface area contributed by atoms with Gasteiger partial charge in [-0.1, -0.05) is 27.2 Å². The van der Waals surface area contributed by atoms with Gasteiger partial charge in [0.15, 0.2) is 0 Å². The van der Waals surface area contributed by atoms with Gasteiger partial charge < -0.3 is 10.2 Å². The molecule has 2 rings (SSSR count). The smallest absolute Gasteiger partial charge is 0.0595 e. The molecule has 2 heteroatoms. The SMILES string of the molecule is CC1(C)CCC[C@]2(C)C1CC[C@H](O)[C@@H]2CO. The van der Waals surface area contributed by atoms with Crippen LogP contribution < -0.4 is 0 Å². The number of aliphatic hydroxyl groups excluding tert-OH is 2. The Morgan fingerprint density at radius 3 is 2.44 bits per heavy atom. The summed E-state index contributed by atoms with van der Waals surface area (Å²) in [6.07, 6.45) is 5.41. The van der Waals surface area contributed by atoms with Crippen molar-refractivity contribution >= 4 is 0 Å². The van der Waals surface area contributed by atoms with E-state index < -0.39 is 0 Å². The second-order valence-electron chi connectivity index (χ2n) is 6.83. The molecule has 2 nitrogen and oxygen atoms in total. The van der Waals surface area contributed by atoms with Crippen molar-refractivity contribution in [3.05, 3.63) is 0 Å². The molecule has 2 N–H and O–H groups in total. The largest absolute Gasteiger partial charge is 0.396 e. The van der Waals surface area contributed by atoms with Crippen LogP contribution in [-0.2, 0) is 0 Å². The van der Waals surface area contributed by atoms with Crippen LogP contribution in [0.1, 0.15) is 52.9 Å². The summed E-state index contributed by atoms with van der Waals surface area (Å²) in [7, 11) is 0. The molecular weight excluding hydrogens is 200 g/mol. The molecular formula is C14H26O2. The Labute approximate surface area is 99.1 Å². The van der Waals surface area contributed by atoms with Gasteiger partial charge in [0.05, 0.1) is 6.10 Å². The number of hydrogen-bond donors (Lipinski definition) is 2. The predicted molar refractivity (Wildman–Crippen MR) is 65.0 cm³/mol. The van der Waals surface area contributed by atoms with Crippen molar-refractivity contribution in [2.24, 2.45) is 22.7 Å². The Balaban J connectivity index is 2.31. The first kappa shape index (κ1) is 12.4. The summed E-state index contributed by atoms with van der Waals surface area (Å²) >= 11 is 0. The summed E-state index contributed by atoms with van der Waals surface area (Å²) in [6, 6.07) is 0. The van der Waals surface area contributed by atoms with Crippen molar-refractivity contribution in [2.75, 3.05) is 6.61 Å². The fourth-order valence-corrected chi connectivity index (χ4v) is 4.64. The highest BCUT2D eigenvalue weighted by molar-refractivity contribution is 5.03. The van der Waals surface area contributed by atoms with Crippen molar-refractivity contribution in [3.63, 3.8) is 0 Å². The minimum atomic E-state index is -0.292. The van der Waals surface area contributed by atoms with Crippen molar-refractivity contribution in [2.45, 2.75) is 59.0 Å². The first-order valence-electron chi connectivity index (χ1n) is 6.71. The minimum Gasteiger partial charge on any atom is -0.396 e. The fourth-order valence-electron chi connectivity index (χ4n) is 4.64. The van der Waals surface area contributed by atoms with Gasteiger partial charge in [-0.05, 0) is 42.4 Å².